The van der Waals surface area contributed by atoms with E-state index in [0.717, 1.165) is 10.0 Å². The van der Waals surface area contributed by atoms with E-state index in [9.17, 15) is 0 Å². The molecule has 0 radical (unpaired) electrons. The highest BCUT2D eigenvalue weighted by Gasteiger charge is 2.13. The summed E-state index contributed by atoms with van der Waals surface area (Å²) in [5, 5.41) is 0.578. The first kappa shape index (κ1) is 14.4. The summed E-state index contributed by atoms with van der Waals surface area (Å²) in [5.74, 6) is 0.632. The van der Waals surface area contributed by atoms with Crippen LogP contribution in [0.3, 0.4) is 0 Å². The minimum absolute atomic E-state index is 0.202. The van der Waals surface area contributed by atoms with Gasteiger partial charge in [-0.25, -0.2) is 0 Å². The molecule has 2 aromatic rings. The Bertz CT molecular complexity index is 574. The third kappa shape index (κ3) is 3.72. The molecule has 0 saturated heterocycles. The number of benzene rings is 2. The second-order valence-corrected chi connectivity index (χ2v) is 5.65. The Morgan fingerprint density at radius 2 is 2.05 bits per heavy atom. The molecule has 0 amide bonds. The van der Waals surface area contributed by atoms with Crippen molar-refractivity contribution >= 4 is 27.5 Å². The molecule has 1 atom stereocenters. The predicted molar refractivity (Wildman–Crippen MR) is 82.8 cm³/mol. The van der Waals surface area contributed by atoms with Gasteiger partial charge in [-0.3, -0.25) is 0 Å². The Morgan fingerprint density at radius 1 is 1.26 bits per heavy atom. The first-order chi connectivity index (χ1) is 9.10. The van der Waals surface area contributed by atoms with Crippen LogP contribution in [0.4, 0.5) is 0 Å². The van der Waals surface area contributed by atoms with Gasteiger partial charge in [-0.2, -0.15) is 0 Å². The summed E-state index contributed by atoms with van der Waals surface area (Å²) in [7, 11) is 0. The zero-order valence-electron chi connectivity index (χ0n) is 10.6. The zero-order valence-corrected chi connectivity index (χ0v) is 12.9. The quantitative estimate of drug-likeness (QED) is 0.890. The summed E-state index contributed by atoms with van der Waals surface area (Å²) >= 11 is 9.54. The minimum atomic E-state index is -0.202. The molecule has 19 heavy (non-hydrogen) atoms. The molecule has 0 aliphatic heterocycles. The van der Waals surface area contributed by atoms with E-state index in [2.05, 4.69) is 22.0 Å². The lowest BCUT2D eigenvalue weighted by atomic mass is 10.1. The lowest BCUT2D eigenvalue weighted by molar-refractivity contribution is 0.214. The third-order valence-corrected chi connectivity index (χ3v) is 3.60. The Kier molecular flexibility index (Phi) is 4.86. The molecule has 1 unspecified atom stereocenters. The van der Waals surface area contributed by atoms with Crippen LogP contribution >= 0.6 is 27.5 Å². The monoisotopic (exact) mass is 339 g/mol. The van der Waals surface area contributed by atoms with Gasteiger partial charge in [0.15, 0.2) is 0 Å². The van der Waals surface area contributed by atoms with E-state index < -0.39 is 0 Å². The highest BCUT2D eigenvalue weighted by molar-refractivity contribution is 9.10. The van der Waals surface area contributed by atoms with Crippen LogP contribution in [0.5, 0.6) is 5.75 Å². The Morgan fingerprint density at radius 3 is 2.74 bits per heavy atom. The average molecular weight is 341 g/mol. The van der Waals surface area contributed by atoms with Gasteiger partial charge in [0, 0.05) is 11.0 Å². The predicted octanol–water partition coefficient (Wildman–Crippen LogP) is 4.49. The molecule has 100 valence electrons. The summed E-state index contributed by atoms with van der Waals surface area (Å²) in [6, 6.07) is 13.6. The van der Waals surface area contributed by atoms with Crippen LogP contribution in [0.1, 0.15) is 17.2 Å². The van der Waals surface area contributed by atoms with Crippen LogP contribution < -0.4 is 10.5 Å². The molecule has 2 rings (SSSR count). The first-order valence-electron chi connectivity index (χ1n) is 5.98. The minimum Gasteiger partial charge on any atom is -0.483 e. The molecule has 0 spiro atoms. The second-order valence-electron chi connectivity index (χ2n) is 4.33. The molecule has 0 fully saturated rings. The summed E-state index contributed by atoms with van der Waals surface area (Å²) < 4.78 is 6.85. The fraction of sp³-hybridized carbons (Fsp3) is 0.200. The molecule has 4 heteroatoms. The molecule has 2 aromatic carbocycles. The van der Waals surface area contributed by atoms with E-state index in [1.807, 2.05) is 37.3 Å². The van der Waals surface area contributed by atoms with Crippen LogP contribution in [-0.2, 0) is 0 Å². The topological polar surface area (TPSA) is 35.2 Å². The third-order valence-electron chi connectivity index (χ3n) is 2.79. The van der Waals surface area contributed by atoms with Gasteiger partial charge >= 0.3 is 0 Å². The Labute approximate surface area is 126 Å². The van der Waals surface area contributed by atoms with E-state index in [1.54, 1.807) is 6.07 Å². The number of hydrogen-bond acceptors (Lipinski definition) is 2. The summed E-state index contributed by atoms with van der Waals surface area (Å²) in [4.78, 5) is 0. The summed E-state index contributed by atoms with van der Waals surface area (Å²) in [5.41, 5.74) is 8.05. The lowest BCUT2D eigenvalue weighted by Crippen LogP contribution is -2.18. The van der Waals surface area contributed by atoms with Gasteiger partial charge in [0.05, 0.1) is 5.02 Å². The molecule has 0 aliphatic carbocycles. The van der Waals surface area contributed by atoms with Crippen molar-refractivity contribution in [3.63, 3.8) is 0 Å². The van der Waals surface area contributed by atoms with Crippen LogP contribution in [-0.4, -0.2) is 6.54 Å². The van der Waals surface area contributed by atoms with Crippen LogP contribution in [0.25, 0.3) is 0 Å². The largest absolute Gasteiger partial charge is 0.483 e. The van der Waals surface area contributed by atoms with Gasteiger partial charge in [0.2, 0.25) is 0 Å². The number of ether oxygens (including phenoxy) is 1. The van der Waals surface area contributed by atoms with Gasteiger partial charge in [0.25, 0.3) is 0 Å². The van der Waals surface area contributed by atoms with Crippen molar-refractivity contribution in [2.45, 2.75) is 13.0 Å². The van der Waals surface area contributed by atoms with E-state index in [-0.39, 0.29) is 6.10 Å². The van der Waals surface area contributed by atoms with Crippen molar-refractivity contribution in [3.05, 3.63) is 63.1 Å². The van der Waals surface area contributed by atoms with E-state index in [4.69, 9.17) is 22.1 Å². The smallest absolute Gasteiger partial charge is 0.140 e. The molecule has 0 heterocycles. The van der Waals surface area contributed by atoms with E-state index >= 15 is 0 Å². The van der Waals surface area contributed by atoms with E-state index in [1.165, 1.54) is 5.56 Å². The van der Waals surface area contributed by atoms with Gasteiger partial charge in [-0.1, -0.05) is 57.4 Å². The molecular weight excluding hydrogens is 326 g/mol. The maximum absolute atomic E-state index is 6.13. The number of rotatable bonds is 4. The van der Waals surface area contributed by atoms with Crippen LogP contribution in [0.15, 0.2) is 46.9 Å². The SMILES string of the molecule is Cc1cccc(C(CN)Oc2cc(Br)ccc2Cl)c1. The maximum atomic E-state index is 6.13. The van der Waals surface area contributed by atoms with Crippen molar-refractivity contribution < 1.29 is 4.74 Å². The first-order valence-corrected chi connectivity index (χ1v) is 7.15. The fourth-order valence-corrected chi connectivity index (χ4v) is 2.35. The number of aryl methyl sites for hydroxylation is 1. The highest BCUT2D eigenvalue weighted by Crippen LogP contribution is 2.31. The number of halogens is 2. The highest BCUT2D eigenvalue weighted by atomic mass is 79.9. The summed E-state index contributed by atoms with van der Waals surface area (Å²) in [6.07, 6.45) is -0.202. The summed E-state index contributed by atoms with van der Waals surface area (Å²) in [6.45, 7) is 2.44. The molecule has 0 saturated carbocycles. The molecule has 2 N–H and O–H groups in total. The molecule has 0 aromatic heterocycles. The Balaban J connectivity index is 2.26. The standard InChI is InChI=1S/C15H15BrClNO/c1-10-3-2-4-11(7-10)15(9-18)19-14-8-12(16)5-6-13(14)17/h2-8,15H,9,18H2,1H3. The van der Waals surface area contributed by atoms with E-state index in [0.29, 0.717) is 17.3 Å². The van der Waals surface area contributed by atoms with Crippen molar-refractivity contribution in [1.29, 1.82) is 0 Å². The van der Waals surface area contributed by atoms with Gasteiger partial charge in [-0.05, 0) is 30.7 Å². The van der Waals surface area contributed by atoms with Crippen molar-refractivity contribution in [2.75, 3.05) is 6.54 Å². The normalized spacial score (nSPS) is 12.2. The fourth-order valence-electron chi connectivity index (χ4n) is 1.84. The maximum Gasteiger partial charge on any atom is 0.140 e. The molecule has 0 aliphatic rings. The molecular formula is C15H15BrClNO. The average Bonchev–Trinajstić information content (AvgIpc) is 2.39. The van der Waals surface area contributed by atoms with Crippen molar-refractivity contribution in [2.24, 2.45) is 5.73 Å². The molecule has 0 bridgehead atoms. The number of nitrogens with two attached hydrogens (primary N) is 1. The zero-order chi connectivity index (χ0) is 13.8. The number of hydrogen-bond donors (Lipinski definition) is 1. The lowest BCUT2D eigenvalue weighted by Gasteiger charge is -2.19. The van der Waals surface area contributed by atoms with Crippen molar-refractivity contribution in [3.8, 4) is 5.75 Å². The van der Waals surface area contributed by atoms with Crippen LogP contribution in [0.2, 0.25) is 5.02 Å². The molecule has 2 nitrogen and oxygen atoms in total. The van der Waals surface area contributed by atoms with Gasteiger partial charge in [-0.15, -0.1) is 0 Å². The Hall–Kier alpha value is -1.03. The van der Waals surface area contributed by atoms with Gasteiger partial charge in [0.1, 0.15) is 11.9 Å². The van der Waals surface area contributed by atoms with Crippen molar-refractivity contribution in [1.82, 2.24) is 0 Å². The van der Waals surface area contributed by atoms with Gasteiger partial charge < -0.3 is 10.5 Å². The second kappa shape index (κ2) is 6.42. The van der Waals surface area contributed by atoms with Crippen LogP contribution in [0, 0.1) is 6.92 Å².